The fraction of sp³-hybridized carbons (Fsp3) is 0.429. The van der Waals surface area contributed by atoms with Gasteiger partial charge in [0.05, 0.1) is 18.2 Å². The van der Waals surface area contributed by atoms with Crippen molar-refractivity contribution < 1.29 is 4.74 Å². The summed E-state index contributed by atoms with van der Waals surface area (Å²) >= 11 is 1.78. The third kappa shape index (κ3) is 3.23. The monoisotopic (exact) mass is 382 g/mol. The molecule has 1 fully saturated rings. The Morgan fingerprint density at radius 2 is 1.74 bits per heavy atom. The van der Waals surface area contributed by atoms with Gasteiger partial charge in [-0.05, 0) is 31.5 Å². The van der Waals surface area contributed by atoms with Crippen molar-refractivity contribution in [3.05, 3.63) is 40.5 Å². The molecule has 1 aliphatic rings. The van der Waals surface area contributed by atoms with Gasteiger partial charge >= 0.3 is 0 Å². The first-order valence-electron chi connectivity index (χ1n) is 9.52. The minimum atomic E-state index is 0.861. The van der Waals surface area contributed by atoms with Crippen LogP contribution in [-0.2, 0) is 6.42 Å². The molecule has 142 valence electrons. The van der Waals surface area contributed by atoms with Gasteiger partial charge in [-0.25, -0.2) is 9.97 Å². The Morgan fingerprint density at radius 1 is 1.04 bits per heavy atom. The second-order valence-corrected chi connectivity index (χ2v) is 8.13. The lowest BCUT2D eigenvalue weighted by Crippen LogP contribution is -2.47. The van der Waals surface area contributed by atoms with Gasteiger partial charge in [0, 0.05) is 37.5 Å². The van der Waals surface area contributed by atoms with Crippen LogP contribution in [0.2, 0.25) is 0 Å². The number of hydrogen-bond donors (Lipinski definition) is 0. The number of rotatable bonds is 4. The van der Waals surface area contributed by atoms with E-state index >= 15 is 0 Å². The second kappa shape index (κ2) is 7.35. The molecule has 0 bridgehead atoms. The van der Waals surface area contributed by atoms with Crippen LogP contribution in [0.25, 0.3) is 10.2 Å². The van der Waals surface area contributed by atoms with Crippen LogP contribution in [0.1, 0.15) is 23.2 Å². The van der Waals surface area contributed by atoms with Gasteiger partial charge in [0.2, 0.25) is 0 Å². The van der Waals surface area contributed by atoms with Crippen molar-refractivity contribution in [3.63, 3.8) is 0 Å². The van der Waals surface area contributed by atoms with Crippen molar-refractivity contribution in [1.29, 1.82) is 0 Å². The van der Waals surface area contributed by atoms with E-state index in [2.05, 4.69) is 42.7 Å². The third-order valence-corrected chi connectivity index (χ3v) is 6.48. The molecular formula is C21H26N4OS. The molecule has 6 heteroatoms. The molecule has 3 aromatic rings. The Kier molecular flexibility index (Phi) is 4.91. The molecule has 0 saturated carbocycles. The maximum Gasteiger partial charge on any atom is 0.142 e. The zero-order valence-electron chi connectivity index (χ0n) is 16.5. The van der Waals surface area contributed by atoms with Crippen molar-refractivity contribution >= 4 is 33.1 Å². The van der Waals surface area contributed by atoms with Gasteiger partial charge in [-0.3, -0.25) is 0 Å². The highest BCUT2D eigenvalue weighted by Gasteiger charge is 2.24. The molecule has 27 heavy (non-hydrogen) atoms. The molecule has 0 spiro atoms. The van der Waals surface area contributed by atoms with Crippen LogP contribution in [-0.4, -0.2) is 43.3 Å². The zero-order chi connectivity index (χ0) is 19.0. The molecular weight excluding hydrogens is 356 g/mol. The van der Waals surface area contributed by atoms with Crippen molar-refractivity contribution in [3.8, 4) is 5.75 Å². The first kappa shape index (κ1) is 18.0. The van der Waals surface area contributed by atoms with Crippen LogP contribution in [0.5, 0.6) is 5.75 Å². The number of para-hydroxylation sites is 2. The van der Waals surface area contributed by atoms with Crippen molar-refractivity contribution in [1.82, 2.24) is 9.97 Å². The highest BCUT2D eigenvalue weighted by molar-refractivity contribution is 7.18. The fourth-order valence-electron chi connectivity index (χ4n) is 3.71. The Bertz CT molecular complexity index is 960. The number of methoxy groups -OCH3 is 1. The first-order chi connectivity index (χ1) is 13.1. The predicted octanol–water partition coefficient (Wildman–Crippen LogP) is 4.21. The molecule has 0 radical (unpaired) electrons. The largest absolute Gasteiger partial charge is 0.495 e. The Balaban J connectivity index is 1.63. The van der Waals surface area contributed by atoms with Crippen molar-refractivity contribution in [2.75, 3.05) is 43.1 Å². The lowest BCUT2D eigenvalue weighted by atomic mass is 10.1. The summed E-state index contributed by atoms with van der Waals surface area (Å²) in [6.07, 6.45) is 0.861. The van der Waals surface area contributed by atoms with Crippen LogP contribution < -0.4 is 14.5 Å². The number of piperazine rings is 1. The van der Waals surface area contributed by atoms with E-state index in [-0.39, 0.29) is 0 Å². The average molecular weight is 383 g/mol. The van der Waals surface area contributed by atoms with Crippen LogP contribution in [0.4, 0.5) is 11.5 Å². The number of nitrogens with zero attached hydrogens (tertiary/aromatic N) is 4. The summed E-state index contributed by atoms with van der Waals surface area (Å²) in [5, 5.41) is 1.24. The smallest absolute Gasteiger partial charge is 0.142 e. The fourth-order valence-corrected chi connectivity index (χ4v) is 4.75. The molecule has 0 aliphatic carbocycles. The topological polar surface area (TPSA) is 41.5 Å². The van der Waals surface area contributed by atoms with Gasteiger partial charge in [0.15, 0.2) is 0 Å². The Labute approximate surface area is 164 Å². The number of fused-ring (bicyclic) bond motifs is 1. The van der Waals surface area contributed by atoms with E-state index in [0.29, 0.717) is 0 Å². The number of hydrogen-bond acceptors (Lipinski definition) is 6. The number of ether oxygens (including phenoxy) is 1. The summed E-state index contributed by atoms with van der Waals surface area (Å²) in [5.74, 6) is 2.98. The van der Waals surface area contributed by atoms with Gasteiger partial charge < -0.3 is 14.5 Å². The van der Waals surface area contributed by atoms with Gasteiger partial charge in [-0.15, -0.1) is 11.3 Å². The highest BCUT2D eigenvalue weighted by atomic mass is 32.1. The maximum absolute atomic E-state index is 5.54. The summed E-state index contributed by atoms with van der Waals surface area (Å²) in [6, 6.07) is 8.26. The summed E-state index contributed by atoms with van der Waals surface area (Å²) < 4.78 is 5.54. The van der Waals surface area contributed by atoms with E-state index in [0.717, 1.165) is 54.8 Å². The summed E-state index contributed by atoms with van der Waals surface area (Å²) in [5.41, 5.74) is 2.49. The number of thiophene rings is 1. The first-order valence-corrected chi connectivity index (χ1v) is 10.3. The minimum Gasteiger partial charge on any atom is -0.495 e. The molecule has 5 nitrogen and oxygen atoms in total. The molecule has 1 saturated heterocycles. The van der Waals surface area contributed by atoms with E-state index in [9.17, 15) is 0 Å². The molecule has 3 heterocycles. The molecule has 1 aliphatic heterocycles. The van der Waals surface area contributed by atoms with Crippen LogP contribution in [0, 0.1) is 13.8 Å². The summed E-state index contributed by atoms with van der Waals surface area (Å²) in [4.78, 5) is 17.0. The molecule has 0 atom stereocenters. The molecule has 4 rings (SSSR count). The number of anilines is 2. The minimum absolute atomic E-state index is 0.861. The maximum atomic E-state index is 5.54. The highest BCUT2D eigenvalue weighted by Crippen LogP contribution is 2.36. The lowest BCUT2D eigenvalue weighted by molar-refractivity contribution is 0.413. The van der Waals surface area contributed by atoms with E-state index in [1.165, 1.54) is 21.5 Å². The SMILES string of the molecule is CCc1nc(N2CCN(c3ccccc3OC)CC2)c2c(C)c(C)sc2n1. The quantitative estimate of drug-likeness (QED) is 0.676. The molecule has 2 aromatic heterocycles. The number of aromatic nitrogens is 2. The van der Waals surface area contributed by atoms with Gasteiger partial charge in [0.1, 0.15) is 22.2 Å². The lowest BCUT2D eigenvalue weighted by Gasteiger charge is -2.37. The van der Waals surface area contributed by atoms with Crippen LogP contribution >= 0.6 is 11.3 Å². The summed E-state index contributed by atoms with van der Waals surface area (Å²) in [7, 11) is 1.74. The molecule has 0 unspecified atom stereocenters. The van der Waals surface area contributed by atoms with Gasteiger partial charge in [0.25, 0.3) is 0 Å². The normalized spacial score (nSPS) is 14.8. The van der Waals surface area contributed by atoms with E-state index in [1.54, 1.807) is 18.4 Å². The van der Waals surface area contributed by atoms with Gasteiger partial charge in [-0.2, -0.15) is 0 Å². The van der Waals surface area contributed by atoms with E-state index in [4.69, 9.17) is 14.7 Å². The Morgan fingerprint density at radius 3 is 2.44 bits per heavy atom. The van der Waals surface area contributed by atoms with Crippen molar-refractivity contribution in [2.45, 2.75) is 27.2 Å². The van der Waals surface area contributed by atoms with E-state index in [1.807, 2.05) is 12.1 Å². The third-order valence-electron chi connectivity index (χ3n) is 5.38. The summed E-state index contributed by atoms with van der Waals surface area (Å²) in [6.45, 7) is 10.3. The van der Waals surface area contributed by atoms with Crippen LogP contribution in [0.15, 0.2) is 24.3 Å². The van der Waals surface area contributed by atoms with Gasteiger partial charge in [-0.1, -0.05) is 19.1 Å². The average Bonchev–Trinajstić information content (AvgIpc) is 3.01. The zero-order valence-corrected chi connectivity index (χ0v) is 17.3. The van der Waals surface area contributed by atoms with Crippen molar-refractivity contribution in [2.24, 2.45) is 0 Å². The van der Waals surface area contributed by atoms with Crippen LogP contribution in [0.3, 0.4) is 0 Å². The number of benzene rings is 1. The second-order valence-electron chi connectivity index (χ2n) is 6.93. The molecule has 0 N–H and O–H groups in total. The predicted molar refractivity (Wildman–Crippen MR) is 114 cm³/mol. The van der Waals surface area contributed by atoms with E-state index < -0.39 is 0 Å². The molecule has 1 aromatic carbocycles. The number of aryl methyl sites for hydroxylation is 3. The molecule has 0 amide bonds. The Hall–Kier alpha value is -2.34. The standard InChI is InChI=1S/C21H26N4OS/c1-5-18-22-20(19-14(2)15(3)27-21(19)23-18)25-12-10-24(11-13-25)16-8-6-7-9-17(16)26-4/h6-9H,5,10-13H2,1-4H3.